The molecule has 1 aromatic heterocycles. The van der Waals surface area contributed by atoms with Crippen LogP contribution < -0.4 is 4.31 Å². The summed E-state index contributed by atoms with van der Waals surface area (Å²) in [5, 5.41) is 0. The Hall–Kier alpha value is -2.12. The lowest BCUT2D eigenvalue weighted by atomic mass is 10.2. The van der Waals surface area contributed by atoms with E-state index < -0.39 is 16.0 Å². The minimum absolute atomic E-state index is 0.0500. The van der Waals surface area contributed by atoms with Gasteiger partial charge in [-0.3, -0.25) is 9.29 Å². The molecule has 0 saturated heterocycles. The molecule has 1 aromatic carbocycles. The van der Waals surface area contributed by atoms with E-state index in [-0.39, 0.29) is 18.2 Å². The number of carbonyl (C=O) groups is 1. The number of ether oxygens (including phenoxy) is 1. The highest BCUT2D eigenvalue weighted by molar-refractivity contribution is 7.92. The number of benzene rings is 1. The van der Waals surface area contributed by atoms with Crippen LogP contribution in [0, 0.1) is 0 Å². The molecule has 0 fully saturated rings. The maximum atomic E-state index is 12.7. The molecule has 0 radical (unpaired) electrons. The van der Waals surface area contributed by atoms with Crippen LogP contribution in [0.5, 0.6) is 0 Å². The molecule has 0 atom stereocenters. The van der Waals surface area contributed by atoms with Gasteiger partial charge in [0.1, 0.15) is 0 Å². The first-order valence-electron chi connectivity index (χ1n) is 7.62. The molecule has 6 nitrogen and oxygen atoms in total. The van der Waals surface area contributed by atoms with Gasteiger partial charge in [0.2, 0.25) is 10.0 Å². The first kappa shape index (κ1) is 19.2. The fourth-order valence-corrected chi connectivity index (χ4v) is 3.99. The molecule has 1 heterocycles. The molecule has 134 valence electrons. The Morgan fingerprint density at radius 3 is 2.48 bits per heavy atom. The predicted molar refractivity (Wildman–Crippen MR) is 97.3 cm³/mol. The van der Waals surface area contributed by atoms with E-state index >= 15 is 0 Å². The molecule has 0 aliphatic rings. The molecule has 0 unspecified atom stereocenters. The van der Waals surface area contributed by atoms with Crippen molar-refractivity contribution in [1.82, 2.24) is 4.98 Å². The quantitative estimate of drug-likeness (QED) is 0.518. The smallest absolute Gasteiger partial charge is 0.339 e. The normalized spacial score (nSPS) is 11.1. The van der Waals surface area contributed by atoms with Crippen LogP contribution in [-0.2, 0) is 21.3 Å². The van der Waals surface area contributed by atoms with Gasteiger partial charge in [0.05, 0.1) is 36.4 Å². The van der Waals surface area contributed by atoms with Crippen LogP contribution in [0.3, 0.4) is 0 Å². The molecular weight excluding hydrogens is 364 g/mol. The van der Waals surface area contributed by atoms with Crippen molar-refractivity contribution < 1.29 is 17.9 Å². The SMILES string of the molecule is COC(=O)c1ccc(CN(c2ccccc2)S(=O)(=O)CCCCl)nc1. The van der Waals surface area contributed by atoms with Gasteiger partial charge in [-0.2, -0.15) is 0 Å². The third kappa shape index (κ3) is 5.17. The van der Waals surface area contributed by atoms with Gasteiger partial charge < -0.3 is 4.74 Å². The van der Waals surface area contributed by atoms with Gasteiger partial charge in [0.15, 0.2) is 0 Å². The van der Waals surface area contributed by atoms with Crippen LogP contribution in [0.15, 0.2) is 48.7 Å². The van der Waals surface area contributed by atoms with E-state index in [4.69, 9.17) is 11.6 Å². The van der Waals surface area contributed by atoms with Crippen molar-refractivity contribution in [3.05, 3.63) is 59.9 Å². The molecule has 0 spiro atoms. The van der Waals surface area contributed by atoms with Crippen molar-refractivity contribution in [2.75, 3.05) is 23.0 Å². The second kappa shape index (κ2) is 8.82. The Morgan fingerprint density at radius 2 is 1.92 bits per heavy atom. The van der Waals surface area contributed by atoms with Gasteiger partial charge in [-0.15, -0.1) is 11.6 Å². The summed E-state index contributed by atoms with van der Waals surface area (Å²) in [6.45, 7) is 0.0656. The summed E-state index contributed by atoms with van der Waals surface area (Å²) in [7, 11) is -2.26. The molecular formula is C17H19ClN2O4S. The summed E-state index contributed by atoms with van der Waals surface area (Å²) < 4.78 is 31.3. The number of hydrogen-bond donors (Lipinski definition) is 0. The van der Waals surface area contributed by atoms with Crippen LogP contribution in [-0.4, -0.2) is 38.1 Å². The highest BCUT2D eigenvalue weighted by Gasteiger charge is 2.23. The lowest BCUT2D eigenvalue weighted by Crippen LogP contribution is -2.33. The number of hydrogen-bond acceptors (Lipinski definition) is 5. The fraction of sp³-hybridized carbons (Fsp3) is 0.294. The standard InChI is InChI=1S/C17H19ClN2O4S/c1-24-17(21)14-8-9-15(19-12-14)13-20(16-6-3-2-4-7-16)25(22,23)11-5-10-18/h2-4,6-9,12H,5,10-11,13H2,1H3. The molecule has 25 heavy (non-hydrogen) atoms. The fourth-order valence-electron chi connectivity index (χ4n) is 2.20. The van der Waals surface area contributed by atoms with E-state index in [9.17, 15) is 13.2 Å². The van der Waals surface area contributed by atoms with Crippen LogP contribution in [0.2, 0.25) is 0 Å². The minimum atomic E-state index is -3.55. The Kier molecular flexibility index (Phi) is 6.78. The maximum Gasteiger partial charge on any atom is 0.339 e. The number of esters is 1. The number of aromatic nitrogens is 1. The Labute approximate surface area is 152 Å². The number of nitrogens with zero attached hydrogens (tertiary/aromatic N) is 2. The third-order valence-electron chi connectivity index (χ3n) is 3.47. The molecule has 2 rings (SSSR count). The lowest BCUT2D eigenvalue weighted by Gasteiger charge is -2.24. The number of halogens is 1. The Balaban J connectivity index is 2.29. The van der Waals surface area contributed by atoms with Crippen molar-refractivity contribution >= 4 is 33.3 Å². The highest BCUT2D eigenvalue weighted by Crippen LogP contribution is 2.21. The second-order valence-corrected chi connectivity index (χ2v) is 7.62. The number of methoxy groups -OCH3 is 1. The van der Waals surface area contributed by atoms with Crippen molar-refractivity contribution in [3.8, 4) is 0 Å². The molecule has 0 bridgehead atoms. The highest BCUT2D eigenvalue weighted by atomic mass is 35.5. The molecule has 0 amide bonds. The largest absolute Gasteiger partial charge is 0.465 e. The molecule has 0 N–H and O–H groups in total. The first-order chi connectivity index (χ1) is 12.0. The van der Waals surface area contributed by atoms with Gasteiger partial charge >= 0.3 is 5.97 Å². The van der Waals surface area contributed by atoms with Crippen molar-refractivity contribution in [3.63, 3.8) is 0 Å². The van der Waals surface area contributed by atoms with Crippen LogP contribution in [0.25, 0.3) is 0 Å². The van der Waals surface area contributed by atoms with E-state index in [2.05, 4.69) is 9.72 Å². The summed E-state index contributed by atoms with van der Waals surface area (Å²) in [4.78, 5) is 15.6. The number of sulfonamides is 1. The maximum absolute atomic E-state index is 12.7. The number of para-hydroxylation sites is 1. The van der Waals surface area contributed by atoms with Gasteiger partial charge in [0, 0.05) is 12.1 Å². The molecule has 0 saturated carbocycles. The lowest BCUT2D eigenvalue weighted by molar-refractivity contribution is 0.0600. The first-order valence-corrected chi connectivity index (χ1v) is 9.77. The number of rotatable bonds is 8. The van der Waals surface area contributed by atoms with Gasteiger partial charge in [-0.25, -0.2) is 13.2 Å². The average molecular weight is 383 g/mol. The summed E-state index contributed by atoms with van der Waals surface area (Å²) in [5.41, 5.74) is 1.38. The second-order valence-electron chi connectivity index (χ2n) is 5.23. The zero-order chi connectivity index (χ0) is 18.3. The zero-order valence-electron chi connectivity index (χ0n) is 13.8. The van der Waals surface area contributed by atoms with E-state index in [1.54, 1.807) is 36.4 Å². The predicted octanol–water partition coefficient (Wildman–Crippen LogP) is 2.83. The monoisotopic (exact) mass is 382 g/mol. The van der Waals surface area contributed by atoms with E-state index in [1.807, 2.05) is 6.07 Å². The van der Waals surface area contributed by atoms with Crippen molar-refractivity contribution in [2.45, 2.75) is 13.0 Å². The van der Waals surface area contributed by atoms with Crippen LogP contribution in [0.1, 0.15) is 22.5 Å². The van der Waals surface area contributed by atoms with Gasteiger partial charge in [-0.1, -0.05) is 18.2 Å². The summed E-state index contributed by atoms with van der Waals surface area (Å²) in [6.07, 6.45) is 1.73. The number of anilines is 1. The molecule has 0 aliphatic carbocycles. The Morgan fingerprint density at radius 1 is 1.20 bits per heavy atom. The van der Waals surface area contributed by atoms with Crippen LogP contribution >= 0.6 is 11.6 Å². The Bertz CT molecular complexity index is 795. The topological polar surface area (TPSA) is 76.6 Å². The van der Waals surface area contributed by atoms with E-state index in [1.165, 1.54) is 17.6 Å². The van der Waals surface area contributed by atoms with Gasteiger partial charge in [-0.05, 0) is 30.7 Å². The minimum Gasteiger partial charge on any atom is -0.465 e. The number of carbonyl (C=O) groups excluding carboxylic acids is 1. The van der Waals surface area contributed by atoms with Crippen molar-refractivity contribution in [2.24, 2.45) is 0 Å². The number of pyridine rings is 1. The zero-order valence-corrected chi connectivity index (χ0v) is 15.3. The molecule has 0 aliphatic heterocycles. The summed E-state index contributed by atoms with van der Waals surface area (Å²) in [6, 6.07) is 12.0. The summed E-state index contributed by atoms with van der Waals surface area (Å²) >= 11 is 5.64. The number of alkyl halides is 1. The van der Waals surface area contributed by atoms with Crippen molar-refractivity contribution in [1.29, 1.82) is 0 Å². The third-order valence-corrected chi connectivity index (χ3v) is 5.55. The summed E-state index contributed by atoms with van der Waals surface area (Å²) in [5.74, 6) is -0.270. The van der Waals surface area contributed by atoms with Gasteiger partial charge in [0.25, 0.3) is 0 Å². The molecule has 2 aromatic rings. The van der Waals surface area contributed by atoms with Crippen LogP contribution in [0.4, 0.5) is 5.69 Å². The van der Waals surface area contributed by atoms with E-state index in [0.717, 1.165) is 0 Å². The van der Waals surface area contributed by atoms with E-state index in [0.29, 0.717) is 23.4 Å². The average Bonchev–Trinajstić information content (AvgIpc) is 2.65. The molecule has 8 heteroatoms.